The van der Waals surface area contributed by atoms with Crippen LogP contribution in [0.3, 0.4) is 0 Å². The number of hydrogen-bond donors (Lipinski definition) is 2. The van der Waals surface area contributed by atoms with Crippen LogP contribution in [-0.4, -0.2) is 49.1 Å². The van der Waals surface area contributed by atoms with E-state index in [0.29, 0.717) is 6.07 Å². The normalized spacial score (nSPS) is 15.7. The molecule has 1 aromatic carbocycles. The molecular formula is C18H21F3N4O6. The van der Waals surface area contributed by atoms with Crippen LogP contribution in [0.15, 0.2) is 18.2 Å². The van der Waals surface area contributed by atoms with Gasteiger partial charge in [0.1, 0.15) is 5.69 Å². The van der Waals surface area contributed by atoms with Gasteiger partial charge in [0.25, 0.3) is 11.6 Å². The standard InChI is InChI=1S/C18H21F3N4O6/c1-10(15(26)23-17(28)22-2)31-16(27)11-5-7-24(8-6-11)13-4-3-12(18(19,20)21)9-14(13)25(29)30/h3-4,9-11H,5-8H2,1-2H3,(H2,22,23,26,28). The van der Waals surface area contributed by atoms with Crippen molar-refractivity contribution in [3.05, 3.63) is 33.9 Å². The molecule has 1 aliphatic heterocycles. The van der Waals surface area contributed by atoms with Crippen LogP contribution in [0.2, 0.25) is 0 Å². The van der Waals surface area contributed by atoms with Crippen LogP contribution >= 0.6 is 0 Å². The Hall–Kier alpha value is -3.38. The van der Waals surface area contributed by atoms with Crippen molar-refractivity contribution in [2.24, 2.45) is 5.92 Å². The molecule has 0 saturated carbocycles. The van der Waals surface area contributed by atoms with E-state index >= 15 is 0 Å². The van der Waals surface area contributed by atoms with Gasteiger partial charge in [0, 0.05) is 26.2 Å². The van der Waals surface area contributed by atoms with Crippen molar-refractivity contribution in [3.8, 4) is 0 Å². The van der Waals surface area contributed by atoms with Crippen LogP contribution < -0.4 is 15.5 Å². The molecule has 1 heterocycles. The van der Waals surface area contributed by atoms with Crippen LogP contribution in [0.5, 0.6) is 0 Å². The second-order valence-corrected chi connectivity index (χ2v) is 6.87. The van der Waals surface area contributed by atoms with Crippen molar-refractivity contribution in [1.29, 1.82) is 0 Å². The number of nitro benzene ring substituents is 1. The maximum absolute atomic E-state index is 12.9. The lowest BCUT2D eigenvalue weighted by Gasteiger charge is -2.32. The van der Waals surface area contributed by atoms with Crippen molar-refractivity contribution in [2.75, 3.05) is 25.0 Å². The Balaban J connectivity index is 2.01. The lowest BCUT2D eigenvalue weighted by atomic mass is 9.96. The Labute approximate surface area is 174 Å². The molecule has 13 heteroatoms. The molecule has 0 aromatic heterocycles. The Morgan fingerprint density at radius 1 is 1.26 bits per heavy atom. The van der Waals surface area contributed by atoms with Crippen molar-refractivity contribution in [1.82, 2.24) is 10.6 Å². The summed E-state index contributed by atoms with van der Waals surface area (Å²) in [6.45, 7) is 1.65. The van der Waals surface area contributed by atoms with E-state index in [1.165, 1.54) is 18.9 Å². The topological polar surface area (TPSA) is 131 Å². The van der Waals surface area contributed by atoms with E-state index in [9.17, 15) is 37.7 Å². The number of ether oxygens (including phenoxy) is 1. The summed E-state index contributed by atoms with van der Waals surface area (Å²) < 4.78 is 43.6. The Kier molecular flexibility index (Phi) is 7.41. The summed E-state index contributed by atoms with van der Waals surface area (Å²) in [7, 11) is 1.31. The molecule has 1 fully saturated rings. The molecule has 0 aliphatic carbocycles. The summed E-state index contributed by atoms with van der Waals surface area (Å²) in [6.07, 6.45) is -5.47. The predicted molar refractivity (Wildman–Crippen MR) is 101 cm³/mol. The number of benzene rings is 1. The third kappa shape index (κ3) is 6.06. The first-order valence-electron chi connectivity index (χ1n) is 9.27. The Morgan fingerprint density at radius 2 is 1.87 bits per heavy atom. The summed E-state index contributed by atoms with van der Waals surface area (Å²) in [6, 6.07) is 1.56. The number of urea groups is 1. The van der Waals surface area contributed by atoms with Gasteiger partial charge < -0.3 is 15.0 Å². The van der Waals surface area contributed by atoms with E-state index in [1.54, 1.807) is 0 Å². The summed E-state index contributed by atoms with van der Waals surface area (Å²) in [5.41, 5.74) is -1.76. The minimum absolute atomic E-state index is 0.0307. The Bertz CT molecular complexity index is 868. The summed E-state index contributed by atoms with van der Waals surface area (Å²) in [5, 5.41) is 15.4. The maximum atomic E-state index is 12.9. The van der Waals surface area contributed by atoms with Gasteiger partial charge >= 0.3 is 18.2 Å². The smallest absolute Gasteiger partial charge is 0.416 e. The van der Waals surface area contributed by atoms with Gasteiger partial charge in [0.15, 0.2) is 6.10 Å². The van der Waals surface area contributed by atoms with Gasteiger partial charge in [-0.05, 0) is 31.9 Å². The molecule has 1 atom stereocenters. The van der Waals surface area contributed by atoms with E-state index in [2.05, 4.69) is 5.32 Å². The zero-order valence-electron chi connectivity index (χ0n) is 16.7. The molecule has 2 N–H and O–H groups in total. The molecule has 3 amide bonds. The van der Waals surface area contributed by atoms with Gasteiger partial charge in [-0.1, -0.05) is 0 Å². The number of rotatable bonds is 5. The van der Waals surface area contributed by atoms with Crippen molar-refractivity contribution < 1.29 is 37.2 Å². The lowest BCUT2D eigenvalue weighted by molar-refractivity contribution is -0.384. The number of esters is 1. The first-order chi connectivity index (χ1) is 14.4. The third-order valence-electron chi connectivity index (χ3n) is 4.79. The largest absolute Gasteiger partial charge is 0.452 e. The molecule has 0 spiro atoms. The van der Waals surface area contributed by atoms with Crippen molar-refractivity contribution in [3.63, 3.8) is 0 Å². The average molecular weight is 446 g/mol. The third-order valence-corrected chi connectivity index (χ3v) is 4.79. The number of nitro groups is 1. The summed E-state index contributed by atoms with van der Waals surface area (Å²) in [4.78, 5) is 47.1. The highest BCUT2D eigenvalue weighted by Crippen LogP contribution is 2.37. The molecule has 170 valence electrons. The predicted octanol–water partition coefficient (Wildman–Crippen LogP) is 2.22. The van der Waals surface area contributed by atoms with Crippen molar-refractivity contribution >= 4 is 29.3 Å². The number of carbonyl (C=O) groups is 3. The molecule has 10 nitrogen and oxygen atoms in total. The fourth-order valence-electron chi connectivity index (χ4n) is 3.07. The van der Waals surface area contributed by atoms with Crippen LogP contribution in [-0.2, 0) is 20.5 Å². The van der Waals surface area contributed by atoms with Gasteiger partial charge in [-0.15, -0.1) is 0 Å². The number of hydrogen-bond acceptors (Lipinski definition) is 7. The first kappa shape index (κ1) is 23.9. The molecule has 0 radical (unpaired) electrons. The molecule has 0 bridgehead atoms. The average Bonchev–Trinajstić information content (AvgIpc) is 2.72. The van der Waals surface area contributed by atoms with Crippen LogP contribution in [0, 0.1) is 16.0 Å². The number of halogens is 3. The van der Waals surface area contributed by atoms with E-state index in [4.69, 9.17) is 4.74 Å². The number of carbonyl (C=O) groups excluding carboxylic acids is 3. The maximum Gasteiger partial charge on any atom is 0.416 e. The monoisotopic (exact) mass is 446 g/mol. The van der Waals surface area contributed by atoms with E-state index < -0.39 is 52.3 Å². The fraction of sp³-hybridized carbons (Fsp3) is 0.500. The van der Waals surface area contributed by atoms with E-state index in [-0.39, 0.29) is 31.6 Å². The number of amides is 3. The fourth-order valence-corrected chi connectivity index (χ4v) is 3.07. The number of imide groups is 1. The second-order valence-electron chi connectivity index (χ2n) is 6.87. The Morgan fingerprint density at radius 3 is 2.39 bits per heavy atom. The van der Waals surface area contributed by atoms with Gasteiger partial charge in [-0.3, -0.25) is 25.0 Å². The second kappa shape index (κ2) is 9.62. The zero-order chi connectivity index (χ0) is 23.3. The van der Waals surface area contributed by atoms with E-state index in [0.717, 1.165) is 12.1 Å². The number of nitrogens with one attached hydrogen (secondary N) is 2. The summed E-state index contributed by atoms with van der Waals surface area (Å²) in [5.74, 6) is -2.06. The number of alkyl halides is 3. The molecule has 31 heavy (non-hydrogen) atoms. The minimum Gasteiger partial charge on any atom is -0.452 e. The van der Waals surface area contributed by atoms with E-state index in [1.807, 2.05) is 5.32 Å². The molecule has 1 saturated heterocycles. The highest BCUT2D eigenvalue weighted by Gasteiger charge is 2.35. The van der Waals surface area contributed by atoms with Gasteiger partial charge in [0.2, 0.25) is 0 Å². The molecule has 1 unspecified atom stereocenters. The van der Waals surface area contributed by atoms with Gasteiger partial charge in [-0.2, -0.15) is 13.2 Å². The highest BCUT2D eigenvalue weighted by atomic mass is 19.4. The number of piperidine rings is 1. The van der Waals surface area contributed by atoms with Crippen LogP contribution in [0.4, 0.5) is 29.3 Å². The number of anilines is 1. The molecular weight excluding hydrogens is 425 g/mol. The quantitative estimate of drug-likeness (QED) is 0.403. The number of nitrogens with zero attached hydrogens (tertiary/aromatic N) is 2. The summed E-state index contributed by atoms with van der Waals surface area (Å²) >= 11 is 0. The molecule has 2 rings (SSSR count). The first-order valence-corrected chi connectivity index (χ1v) is 9.27. The van der Waals surface area contributed by atoms with Gasteiger partial charge in [0.05, 0.1) is 16.4 Å². The van der Waals surface area contributed by atoms with Crippen molar-refractivity contribution in [2.45, 2.75) is 32.0 Å². The molecule has 1 aliphatic rings. The lowest BCUT2D eigenvalue weighted by Crippen LogP contribution is -2.44. The van der Waals surface area contributed by atoms with Crippen LogP contribution in [0.1, 0.15) is 25.3 Å². The van der Waals surface area contributed by atoms with Gasteiger partial charge in [-0.25, -0.2) is 4.79 Å². The zero-order valence-corrected chi connectivity index (χ0v) is 16.7. The molecule has 1 aromatic rings. The van der Waals surface area contributed by atoms with Crippen LogP contribution in [0.25, 0.3) is 0 Å². The SMILES string of the molecule is CNC(=O)NC(=O)C(C)OC(=O)C1CCN(c2ccc(C(F)(F)F)cc2[N+](=O)[O-])CC1. The minimum atomic E-state index is -4.71. The highest BCUT2D eigenvalue weighted by molar-refractivity contribution is 5.97.